The minimum absolute atomic E-state index is 0.801. The second kappa shape index (κ2) is 5.52. The average molecular weight is 303 g/mol. The Labute approximate surface area is 138 Å². The molecule has 0 N–H and O–H groups in total. The standard InChI is InChI=1S/C22H38/c1-5-14-9-15-11-22-12-16(15)10-17(13-22)18(6-2)20(8-4)21(22)19(14)7-3/h14-21H,5-13H2,1-4H3. The van der Waals surface area contributed by atoms with Gasteiger partial charge in [-0.05, 0) is 84.9 Å². The lowest BCUT2D eigenvalue weighted by Gasteiger charge is -2.59. The predicted molar refractivity (Wildman–Crippen MR) is 94.6 cm³/mol. The maximum atomic E-state index is 2.52. The molecule has 4 fully saturated rings. The van der Waals surface area contributed by atoms with Crippen LogP contribution in [-0.4, -0.2) is 0 Å². The van der Waals surface area contributed by atoms with E-state index in [9.17, 15) is 0 Å². The molecule has 0 nitrogen and oxygen atoms in total. The number of hydrogen-bond acceptors (Lipinski definition) is 0. The third kappa shape index (κ3) is 1.94. The summed E-state index contributed by atoms with van der Waals surface area (Å²) in [7, 11) is 0. The van der Waals surface area contributed by atoms with Gasteiger partial charge in [0, 0.05) is 0 Å². The lowest BCUT2D eigenvalue weighted by molar-refractivity contribution is -0.105. The Morgan fingerprint density at radius 2 is 1.23 bits per heavy atom. The Balaban J connectivity index is 1.80. The molecule has 0 heterocycles. The smallest absolute Gasteiger partial charge is 0.0255 e. The predicted octanol–water partition coefficient (Wildman–Crippen LogP) is 6.55. The molecule has 0 saturated heterocycles. The van der Waals surface area contributed by atoms with E-state index in [1.165, 1.54) is 25.7 Å². The Morgan fingerprint density at radius 3 is 1.82 bits per heavy atom. The zero-order valence-corrected chi connectivity index (χ0v) is 15.5. The molecule has 0 aromatic carbocycles. The van der Waals surface area contributed by atoms with E-state index in [0.717, 1.165) is 52.8 Å². The van der Waals surface area contributed by atoms with Crippen molar-refractivity contribution in [3.63, 3.8) is 0 Å². The van der Waals surface area contributed by atoms with Crippen molar-refractivity contribution in [3.8, 4) is 0 Å². The van der Waals surface area contributed by atoms with Crippen molar-refractivity contribution in [1.29, 1.82) is 0 Å². The quantitative estimate of drug-likeness (QED) is 0.552. The summed E-state index contributed by atoms with van der Waals surface area (Å²) in [5.41, 5.74) is 0.801. The Bertz CT molecular complexity index is 412. The van der Waals surface area contributed by atoms with E-state index in [-0.39, 0.29) is 0 Å². The van der Waals surface area contributed by atoms with Crippen molar-refractivity contribution in [1.82, 2.24) is 0 Å². The first-order chi connectivity index (χ1) is 10.7. The maximum absolute atomic E-state index is 2.52. The third-order valence-corrected chi connectivity index (χ3v) is 9.21. The van der Waals surface area contributed by atoms with Gasteiger partial charge in [0.2, 0.25) is 0 Å². The van der Waals surface area contributed by atoms with Crippen LogP contribution in [0.1, 0.15) is 85.5 Å². The fourth-order valence-corrected chi connectivity index (χ4v) is 8.86. The van der Waals surface area contributed by atoms with Gasteiger partial charge < -0.3 is 0 Å². The highest BCUT2D eigenvalue weighted by molar-refractivity contribution is 5.13. The van der Waals surface area contributed by atoms with Crippen LogP contribution < -0.4 is 0 Å². The molecular formula is C22H38. The summed E-state index contributed by atoms with van der Waals surface area (Å²) in [6.45, 7) is 10.0. The van der Waals surface area contributed by atoms with Crippen molar-refractivity contribution < 1.29 is 0 Å². The van der Waals surface area contributed by atoms with Crippen LogP contribution in [0.2, 0.25) is 0 Å². The maximum Gasteiger partial charge on any atom is -0.0255 e. The molecule has 4 saturated carbocycles. The van der Waals surface area contributed by atoms with Gasteiger partial charge in [-0.25, -0.2) is 0 Å². The van der Waals surface area contributed by atoms with Crippen LogP contribution in [0, 0.1) is 52.8 Å². The van der Waals surface area contributed by atoms with Crippen LogP contribution in [0.15, 0.2) is 0 Å². The van der Waals surface area contributed by atoms with Gasteiger partial charge in [-0.3, -0.25) is 0 Å². The minimum atomic E-state index is 0.801. The van der Waals surface area contributed by atoms with Crippen molar-refractivity contribution in [2.75, 3.05) is 0 Å². The van der Waals surface area contributed by atoms with Crippen molar-refractivity contribution >= 4 is 0 Å². The van der Waals surface area contributed by atoms with Gasteiger partial charge in [0.25, 0.3) is 0 Å². The number of fused-ring (bicyclic) bond motifs is 4. The van der Waals surface area contributed by atoms with E-state index in [1.54, 1.807) is 32.1 Å². The molecule has 0 amide bonds. The van der Waals surface area contributed by atoms with Crippen LogP contribution in [0.3, 0.4) is 0 Å². The summed E-state index contributed by atoms with van der Waals surface area (Å²) in [4.78, 5) is 0. The zero-order valence-electron chi connectivity index (χ0n) is 15.5. The Hall–Kier alpha value is 0. The Morgan fingerprint density at radius 1 is 0.636 bits per heavy atom. The summed E-state index contributed by atoms with van der Waals surface area (Å²) in [5, 5.41) is 0. The highest BCUT2D eigenvalue weighted by Crippen LogP contribution is 2.72. The van der Waals surface area contributed by atoms with Crippen LogP contribution in [0.4, 0.5) is 0 Å². The molecule has 0 aromatic rings. The van der Waals surface area contributed by atoms with E-state index in [2.05, 4.69) is 27.7 Å². The zero-order chi connectivity index (χ0) is 15.5. The fourth-order valence-electron chi connectivity index (χ4n) is 8.86. The van der Waals surface area contributed by atoms with Gasteiger partial charge >= 0.3 is 0 Å². The van der Waals surface area contributed by atoms with E-state index < -0.39 is 0 Å². The van der Waals surface area contributed by atoms with Gasteiger partial charge in [0.15, 0.2) is 0 Å². The number of hydrogen-bond donors (Lipinski definition) is 0. The first-order valence-electron chi connectivity index (χ1n) is 10.7. The van der Waals surface area contributed by atoms with Crippen LogP contribution in [0.25, 0.3) is 0 Å². The lowest BCUT2D eigenvalue weighted by atomic mass is 9.46. The van der Waals surface area contributed by atoms with Crippen molar-refractivity contribution in [2.24, 2.45) is 52.8 Å². The monoisotopic (exact) mass is 302 g/mol. The molecule has 4 bridgehead atoms. The molecule has 0 heteroatoms. The van der Waals surface area contributed by atoms with E-state index >= 15 is 0 Å². The molecule has 9 unspecified atom stereocenters. The van der Waals surface area contributed by atoms with E-state index in [0.29, 0.717) is 0 Å². The first-order valence-corrected chi connectivity index (χ1v) is 10.7. The second-order valence-electron chi connectivity index (χ2n) is 9.64. The molecule has 0 radical (unpaired) electrons. The molecule has 4 rings (SSSR count). The average Bonchev–Trinajstić information content (AvgIpc) is 2.71. The van der Waals surface area contributed by atoms with Crippen molar-refractivity contribution in [2.45, 2.75) is 85.5 Å². The molecule has 4 aliphatic rings. The topological polar surface area (TPSA) is 0 Å². The molecule has 126 valence electrons. The normalized spacial score (nSPS) is 56.2. The highest BCUT2D eigenvalue weighted by Gasteiger charge is 2.64. The second-order valence-corrected chi connectivity index (χ2v) is 9.64. The van der Waals surface area contributed by atoms with Gasteiger partial charge in [0.05, 0.1) is 0 Å². The summed E-state index contributed by atoms with van der Waals surface area (Å²) in [5.74, 6) is 8.64. The van der Waals surface area contributed by atoms with Gasteiger partial charge in [-0.1, -0.05) is 53.4 Å². The molecule has 1 spiro atoms. The highest BCUT2D eigenvalue weighted by atomic mass is 14.7. The molecule has 22 heavy (non-hydrogen) atoms. The molecular weight excluding hydrogens is 264 g/mol. The van der Waals surface area contributed by atoms with E-state index in [1.807, 2.05) is 0 Å². The van der Waals surface area contributed by atoms with Crippen LogP contribution in [-0.2, 0) is 0 Å². The summed E-state index contributed by atoms with van der Waals surface area (Å²) < 4.78 is 0. The lowest BCUT2D eigenvalue weighted by Crippen LogP contribution is -2.52. The molecule has 0 aromatic heterocycles. The van der Waals surface area contributed by atoms with Crippen LogP contribution in [0.5, 0.6) is 0 Å². The van der Waals surface area contributed by atoms with Crippen LogP contribution >= 0.6 is 0 Å². The largest absolute Gasteiger partial charge is 0.0651 e. The van der Waals surface area contributed by atoms with Gasteiger partial charge in [-0.15, -0.1) is 0 Å². The third-order valence-electron chi connectivity index (χ3n) is 9.21. The minimum Gasteiger partial charge on any atom is -0.0651 e. The SMILES string of the molecule is CCC1CC2CC34CC2CC(C3)C(CC)C(CC)C4C1CC. The first kappa shape index (κ1) is 15.5. The van der Waals surface area contributed by atoms with E-state index in [4.69, 9.17) is 0 Å². The summed E-state index contributed by atoms with van der Waals surface area (Å²) >= 11 is 0. The van der Waals surface area contributed by atoms with Crippen molar-refractivity contribution in [3.05, 3.63) is 0 Å². The molecule has 9 atom stereocenters. The van der Waals surface area contributed by atoms with Gasteiger partial charge in [0.1, 0.15) is 0 Å². The summed E-state index contributed by atoms with van der Waals surface area (Å²) in [6, 6.07) is 0. The Kier molecular flexibility index (Phi) is 3.90. The summed E-state index contributed by atoms with van der Waals surface area (Å²) in [6.07, 6.45) is 13.9. The van der Waals surface area contributed by atoms with Gasteiger partial charge in [-0.2, -0.15) is 0 Å². The molecule has 0 aliphatic heterocycles. The fraction of sp³-hybridized carbons (Fsp3) is 1.00. The number of rotatable bonds is 4. The molecule has 4 aliphatic carbocycles.